The van der Waals surface area contributed by atoms with Crippen LogP contribution in [0.1, 0.15) is 5.56 Å². The van der Waals surface area contributed by atoms with Crippen LogP contribution in [0.5, 0.6) is 11.5 Å². The molecule has 1 fully saturated rings. The van der Waals surface area contributed by atoms with Crippen molar-refractivity contribution in [3.63, 3.8) is 0 Å². The van der Waals surface area contributed by atoms with Crippen LogP contribution in [0.3, 0.4) is 0 Å². The number of morpholine rings is 1. The lowest BCUT2D eigenvalue weighted by Gasteiger charge is -2.26. The van der Waals surface area contributed by atoms with Crippen molar-refractivity contribution in [1.82, 2.24) is 4.90 Å². The van der Waals surface area contributed by atoms with Crippen molar-refractivity contribution in [1.29, 1.82) is 0 Å². The first-order valence-electron chi connectivity index (χ1n) is 8.50. The van der Waals surface area contributed by atoms with Gasteiger partial charge in [0, 0.05) is 25.2 Å². The quantitative estimate of drug-likeness (QED) is 0.753. The molecule has 0 aliphatic carbocycles. The number of nitrogens with zero attached hydrogens (tertiary/aromatic N) is 1. The highest BCUT2D eigenvalue weighted by Gasteiger charge is 2.17. The van der Waals surface area contributed by atoms with Crippen molar-refractivity contribution < 1.29 is 19.4 Å². The lowest BCUT2D eigenvalue weighted by Crippen LogP contribution is -2.35. The number of rotatable bonds is 3. The Balaban J connectivity index is 1.75. The van der Waals surface area contributed by atoms with Crippen LogP contribution in [0, 0.1) is 0 Å². The number of aromatic hydroxyl groups is 2. The zero-order valence-electron chi connectivity index (χ0n) is 14.1. The van der Waals surface area contributed by atoms with E-state index in [-0.39, 0.29) is 11.5 Å². The molecule has 3 aromatic rings. The summed E-state index contributed by atoms with van der Waals surface area (Å²) in [4.78, 5) is 14.8. The standard InChI is InChI=1S/C20H19NO5/c22-15-4-2-14(3-5-15)20-19(24)18(23)16-6-1-13(11-17(16)26-20)12-21-7-9-25-10-8-21/h1-6,11,22,24H,7-10,12H2. The molecule has 4 rings (SSSR count). The van der Waals surface area contributed by atoms with Gasteiger partial charge in [0.2, 0.25) is 11.2 Å². The van der Waals surface area contributed by atoms with Gasteiger partial charge in [0.15, 0.2) is 5.76 Å². The van der Waals surface area contributed by atoms with Gasteiger partial charge in [-0.25, -0.2) is 0 Å². The van der Waals surface area contributed by atoms with Gasteiger partial charge in [-0.15, -0.1) is 0 Å². The van der Waals surface area contributed by atoms with Gasteiger partial charge in [-0.05, 0) is 42.0 Å². The van der Waals surface area contributed by atoms with Gasteiger partial charge in [-0.1, -0.05) is 6.07 Å². The average Bonchev–Trinajstić information content (AvgIpc) is 2.66. The molecule has 1 aromatic heterocycles. The molecular weight excluding hydrogens is 334 g/mol. The summed E-state index contributed by atoms with van der Waals surface area (Å²) >= 11 is 0. The van der Waals surface area contributed by atoms with E-state index in [1.807, 2.05) is 12.1 Å². The summed E-state index contributed by atoms with van der Waals surface area (Å²) in [7, 11) is 0. The van der Waals surface area contributed by atoms with Crippen molar-refractivity contribution in [3.8, 4) is 22.8 Å². The van der Waals surface area contributed by atoms with E-state index in [1.165, 1.54) is 12.1 Å². The molecule has 134 valence electrons. The number of hydrogen-bond donors (Lipinski definition) is 2. The number of fused-ring (bicyclic) bond motifs is 1. The fraction of sp³-hybridized carbons (Fsp3) is 0.250. The van der Waals surface area contributed by atoms with E-state index in [0.717, 1.165) is 38.4 Å². The molecule has 1 aliphatic rings. The molecule has 6 nitrogen and oxygen atoms in total. The SMILES string of the molecule is O=c1c(O)c(-c2ccc(O)cc2)oc2cc(CN3CCOCC3)ccc12. The second-order valence-corrected chi connectivity index (χ2v) is 6.37. The Morgan fingerprint density at radius 1 is 1.00 bits per heavy atom. The van der Waals surface area contributed by atoms with Crippen molar-refractivity contribution in [2.75, 3.05) is 26.3 Å². The fourth-order valence-corrected chi connectivity index (χ4v) is 3.15. The molecule has 0 spiro atoms. The van der Waals surface area contributed by atoms with Gasteiger partial charge in [0.1, 0.15) is 11.3 Å². The smallest absolute Gasteiger partial charge is 0.235 e. The molecule has 0 bridgehead atoms. The molecule has 1 aliphatic heterocycles. The molecule has 2 N–H and O–H groups in total. The lowest BCUT2D eigenvalue weighted by atomic mass is 10.1. The Bertz CT molecular complexity index is 987. The van der Waals surface area contributed by atoms with E-state index < -0.39 is 11.2 Å². The van der Waals surface area contributed by atoms with E-state index in [2.05, 4.69) is 4.90 Å². The number of phenols is 1. The summed E-state index contributed by atoms with van der Waals surface area (Å²) in [5.74, 6) is -0.223. The first-order valence-corrected chi connectivity index (χ1v) is 8.50. The van der Waals surface area contributed by atoms with Gasteiger partial charge in [0.05, 0.1) is 18.6 Å². The van der Waals surface area contributed by atoms with Crippen LogP contribution in [0.15, 0.2) is 51.7 Å². The zero-order chi connectivity index (χ0) is 18.1. The average molecular weight is 353 g/mol. The van der Waals surface area contributed by atoms with E-state index in [0.29, 0.717) is 16.5 Å². The second-order valence-electron chi connectivity index (χ2n) is 6.37. The molecule has 2 aromatic carbocycles. The molecule has 0 radical (unpaired) electrons. The number of phenolic OH excluding ortho intramolecular Hbond substituents is 1. The Labute approximate surface area is 149 Å². The molecule has 2 heterocycles. The normalized spacial score (nSPS) is 15.4. The Morgan fingerprint density at radius 2 is 1.73 bits per heavy atom. The highest BCUT2D eigenvalue weighted by Crippen LogP contribution is 2.31. The van der Waals surface area contributed by atoms with E-state index in [4.69, 9.17) is 9.15 Å². The highest BCUT2D eigenvalue weighted by atomic mass is 16.5. The third kappa shape index (κ3) is 3.16. The van der Waals surface area contributed by atoms with E-state index >= 15 is 0 Å². The van der Waals surface area contributed by atoms with E-state index in [1.54, 1.807) is 18.2 Å². The molecule has 1 saturated heterocycles. The molecule has 0 amide bonds. The van der Waals surface area contributed by atoms with Gasteiger partial charge in [-0.3, -0.25) is 9.69 Å². The zero-order valence-corrected chi connectivity index (χ0v) is 14.1. The summed E-state index contributed by atoms with van der Waals surface area (Å²) < 4.78 is 11.2. The van der Waals surface area contributed by atoms with Gasteiger partial charge >= 0.3 is 0 Å². The second kappa shape index (κ2) is 6.82. The molecule has 26 heavy (non-hydrogen) atoms. The molecule has 0 unspecified atom stereocenters. The van der Waals surface area contributed by atoms with E-state index in [9.17, 15) is 15.0 Å². The molecule has 0 atom stereocenters. The van der Waals surface area contributed by atoms with Crippen LogP contribution in [0.2, 0.25) is 0 Å². The predicted molar refractivity (Wildman–Crippen MR) is 97.3 cm³/mol. The summed E-state index contributed by atoms with van der Waals surface area (Å²) in [6.45, 7) is 3.94. The Kier molecular flexibility index (Phi) is 4.36. The van der Waals surface area contributed by atoms with Crippen molar-refractivity contribution >= 4 is 11.0 Å². The Hall–Kier alpha value is -2.83. The summed E-state index contributed by atoms with van der Waals surface area (Å²) in [5.41, 5.74) is 1.52. The third-order valence-electron chi connectivity index (χ3n) is 4.57. The number of ether oxygens (including phenoxy) is 1. The van der Waals surface area contributed by atoms with Crippen LogP contribution >= 0.6 is 0 Å². The summed E-state index contributed by atoms with van der Waals surface area (Å²) in [6.07, 6.45) is 0. The first-order chi connectivity index (χ1) is 12.6. The summed E-state index contributed by atoms with van der Waals surface area (Å²) in [5, 5.41) is 20.0. The maximum atomic E-state index is 12.5. The van der Waals surface area contributed by atoms with Gasteiger partial charge in [-0.2, -0.15) is 0 Å². The van der Waals surface area contributed by atoms with Crippen molar-refractivity contribution in [2.45, 2.75) is 6.54 Å². The largest absolute Gasteiger partial charge is 0.508 e. The maximum absolute atomic E-state index is 12.5. The minimum atomic E-state index is -0.466. The fourth-order valence-electron chi connectivity index (χ4n) is 3.15. The minimum absolute atomic E-state index is 0.101. The molecule has 6 heteroatoms. The minimum Gasteiger partial charge on any atom is -0.508 e. The summed E-state index contributed by atoms with van der Waals surface area (Å²) in [6, 6.07) is 11.6. The van der Waals surface area contributed by atoms with Crippen LogP contribution in [0.4, 0.5) is 0 Å². The molecule has 0 saturated carbocycles. The third-order valence-corrected chi connectivity index (χ3v) is 4.57. The van der Waals surface area contributed by atoms with Crippen molar-refractivity contribution in [3.05, 3.63) is 58.3 Å². The van der Waals surface area contributed by atoms with Crippen LogP contribution in [-0.2, 0) is 11.3 Å². The maximum Gasteiger partial charge on any atom is 0.235 e. The van der Waals surface area contributed by atoms with Crippen LogP contribution in [0.25, 0.3) is 22.3 Å². The molecular formula is C20H19NO5. The topological polar surface area (TPSA) is 83.1 Å². The first kappa shape index (κ1) is 16.6. The lowest BCUT2D eigenvalue weighted by molar-refractivity contribution is 0.0342. The monoisotopic (exact) mass is 353 g/mol. The van der Waals surface area contributed by atoms with Crippen LogP contribution < -0.4 is 5.43 Å². The predicted octanol–water partition coefficient (Wildman–Crippen LogP) is 2.70. The number of hydrogen-bond acceptors (Lipinski definition) is 6. The van der Waals surface area contributed by atoms with Crippen LogP contribution in [-0.4, -0.2) is 41.4 Å². The van der Waals surface area contributed by atoms with Crippen molar-refractivity contribution in [2.24, 2.45) is 0 Å². The van der Waals surface area contributed by atoms with Gasteiger partial charge in [0.25, 0.3) is 0 Å². The highest BCUT2D eigenvalue weighted by molar-refractivity contribution is 5.82. The van der Waals surface area contributed by atoms with Gasteiger partial charge < -0.3 is 19.4 Å². The Morgan fingerprint density at radius 3 is 2.46 bits per heavy atom. The number of benzene rings is 2.